The monoisotopic (exact) mass is 528 g/mol. The molecule has 3 fully saturated rings. The van der Waals surface area contributed by atoms with Crippen LogP contribution in [0.3, 0.4) is 0 Å². The van der Waals surface area contributed by atoms with Gasteiger partial charge in [-0.05, 0) is 86.1 Å². The van der Waals surface area contributed by atoms with Gasteiger partial charge < -0.3 is 10.2 Å². The first-order chi connectivity index (χ1) is 18.5. The smallest absolute Gasteiger partial charge is 0.317 e. The average Bonchev–Trinajstić information content (AvgIpc) is 3.86. The number of rotatable bonds is 9. The molecule has 38 heavy (non-hydrogen) atoms. The molecule has 6 heteroatoms. The van der Waals surface area contributed by atoms with Crippen LogP contribution in [0.25, 0.3) is 0 Å². The van der Waals surface area contributed by atoms with Crippen molar-refractivity contribution < 1.29 is 4.79 Å². The lowest BCUT2D eigenvalue weighted by atomic mass is 9.85. The van der Waals surface area contributed by atoms with E-state index in [0.29, 0.717) is 18.5 Å². The van der Waals surface area contributed by atoms with Crippen LogP contribution in [-0.2, 0) is 6.54 Å². The molecule has 1 N–H and O–H groups in total. The van der Waals surface area contributed by atoms with Crippen LogP contribution in [0.5, 0.6) is 0 Å². The van der Waals surface area contributed by atoms with Crippen LogP contribution in [0.4, 0.5) is 4.79 Å². The Balaban J connectivity index is 1.24. The van der Waals surface area contributed by atoms with Crippen LogP contribution >= 0.6 is 11.8 Å². The fourth-order valence-electron chi connectivity index (χ4n) is 5.92. The molecule has 1 aliphatic heterocycles. The van der Waals surface area contributed by atoms with Crippen molar-refractivity contribution in [2.75, 3.05) is 18.8 Å². The maximum Gasteiger partial charge on any atom is 0.317 e. The zero-order valence-corrected chi connectivity index (χ0v) is 23.7. The number of nitrogens with zero attached hydrogens (tertiary/aromatic N) is 3. The van der Waals surface area contributed by atoms with Gasteiger partial charge in [-0.2, -0.15) is 5.10 Å². The molecule has 3 aliphatic rings. The quantitative estimate of drug-likeness (QED) is 0.294. The van der Waals surface area contributed by atoms with Gasteiger partial charge in [0.25, 0.3) is 0 Å². The summed E-state index contributed by atoms with van der Waals surface area (Å²) in [6.07, 6.45) is 5.10. The van der Waals surface area contributed by atoms with Crippen molar-refractivity contribution in [3.05, 3.63) is 82.7 Å². The summed E-state index contributed by atoms with van der Waals surface area (Å²) in [6.45, 7) is 8.61. The first-order valence-corrected chi connectivity index (χ1v) is 15.4. The summed E-state index contributed by atoms with van der Waals surface area (Å²) < 4.78 is 2.24. The van der Waals surface area contributed by atoms with Crippen molar-refractivity contribution in [2.24, 2.45) is 0 Å². The molecule has 1 aromatic heterocycles. The minimum absolute atomic E-state index is 0.0286. The Hall–Kier alpha value is -2.73. The lowest BCUT2D eigenvalue weighted by molar-refractivity contribution is 0.207. The minimum Gasteiger partial charge on any atom is -0.334 e. The second kappa shape index (κ2) is 10.8. The van der Waals surface area contributed by atoms with E-state index < -0.39 is 0 Å². The minimum atomic E-state index is 0.0286. The van der Waals surface area contributed by atoms with Gasteiger partial charge in [-0.25, -0.2) is 4.79 Å². The predicted molar refractivity (Wildman–Crippen MR) is 155 cm³/mol. The molecule has 1 saturated heterocycles. The molecule has 0 radical (unpaired) electrons. The zero-order valence-electron chi connectivity index (χ0n) is 22.9. The summed E-state index contributed by atoms with van der Waals surface area (Å²) in [7, 11) is 0. The van der Waals surface area contributed by atoms with Crippen LogP contribution in [0.15, 0.2) is 59.5 Å². The summed E-state index contributed by atoms with van der Waals surface area (Å²) in [5.41, 5.74) is 6.50. The number of urea groups is 1. The molecule has 3 aromatic rings. The number of carbonyl (C=O) groups is 1. The first kappa shape index (κ1) is 25.5. The molecule has 2 atom stereocenters. The molecule has 0 spiro atoms. The highest BCUT2D eigenvalue weighted by atomic mass is 32.2. The maximum atomic E-state index is 13.5. The summed E-state index contributed by atoms with van der Waals surface area (Å²) >= 11 is 1.84. The van der Waals surface area contributed by atoms with Gasteiger partial charge in [0, 0.05) is 54.0 Å². The Morgan fingerprint density at radius 2 is 1.68 bits per heavy atom. The van der Waals surface area contributed by atoms with E-state index in [-0.39, 0.29) is 17.9 Å². The normalized spacial score (nSPS) is 21.3. The van der Waals surface area contributed by atoms with E-state index in [1.165, 1.54) is 53.1 Å². The van der Waals surface area contributed by atoms with Crippen LogP contribution in [0.1, 0.15) is 104 Å². The highest BCUT2D eigenvalue weighted by molar-refractivity contribution is 7.99. The number of aromatic nitrogens is 2. The molecule has 5 nitrogen and oxygen atoms in total. The Morgan fingerprint density at radius 3 is 2.37 bits per heavy atom. The molecule has 200 valence electrons. The lowest BCUT2D eigenvalue weighted by Gasteiger charge is -2.22. The third kappa shape index (κ3) is 5.51. The summed E-state index contributed by atoms with van der Waals surface area (Å²) in [6, 6.07) is 20.4. The van der Waals surface area contributed by atoms with Crippen LogP contribution < -0.4 is 5.32 Å². The molecular formula is C32H40N4OS. The van der Waals surface area contributed by atoms with Gasteiger partial charge in [0.05, 0.1) is 5.69 Å². The zero-order chi connectivity index (χ0) is 26.2. The number of hydrogen-bond acceptors (Lipinski definition) is 3. The number of carbonyl (C=O) groups excluding carboxylic acids is 1. The molecule has 2 aromatic carbocycles. The highest BCUT2D eigenvalue weighted by Crippen LogP contribution is 2.46. The van der Waals surface area contributed by atoms with Gasteiger partial charge in [0.2, 0.25) is 0 Å². The van der Waals surface area contributed by atoms with Gasteiger partial charge in [-0.15, -0.1) is 11.8 Å². The summed E-state index contributed by atoms with van der Waals surface area (Å²) in [4.78, 5) is 16.8. The molecule has 2 saturated carbocycles. The Bertz CT molecular complexity index is 1270. The van der Waals surface area contributed by atoms with Crippen molar-refractivity contribution >= 4 is 17.8 Å². The van der Waals surface area contributed by atoms with Crippen LogP contribution in [-0.4, -0.2) is 39.6 Å². The molecule has 2 unspecified atom stereocenters. The maximum absolute atomic E-state index is 13.5. The topological polar surface area (TPSA) is 50.2 Å². The molecule has 2 aliphatic carbocycles. The standard InChI is InChI=1S/C32H40N4OS/c1-4-38-27-14-8-22(9-15-27)18-33-32(37)35-19-28(26-7-5-6-25(16-26)23-10-11-23)29(20-35)31-17-30(24-12-13-24)34-36(31)21(2)3/h5-9,14-17,21,23-24,28-29H,4,10-13,18-20H2,1-3H3,(H,33,37). The molecule has 2 heterocycles. The summed E-state index contributed by atoms with van der Waals surface area (Å²) in [5, 5.41) is 8.27. The van der Waals surface area contributed by atoms with Crippen molar-refractivity contribution in [2.45, 2.75) is 87.6 Å². The second-order valence-corrected chi connectivity index (χ2v) is 12.9. The van der Waals surface area contributed by atoms with Gasteiger partial charge in [0.1, 0.15) is 0 Å². The van der Waals surface area contributed by atoms with Gasteiger partial charge >= 0.3 is 6.03 Å². The molecule has 2 amide bonds. The SMILES string of the molecule is CCSc1ccc(CNC(=O)N2CC(c3cccc(C4CC4)c3)C(c3cc(C4CC4)nn3C(C)C)C2)cc1. The average molecular weight is 529 g/mol. The van der Waals surface area contributed by atoms with Gasteiger partial charge in [-0.3, -0.25) is 4.68 Å². The van der Waals surface area contributed by atoms with Crippen molar-refractivity contribution in [1.29, 1.82) is 0 Å². The van der Waals surface area contributed by atoms with E-state index in [1.807, 2.05) is 16.7 Å². The Kier molecular flexibility index (Phi) is 7.26. The van der Waals surface area contributed by atoms with E-state index >= 15 is 0 Å². The third-order valence-corrected chi connectivity index (χ3v) is 9.22. The fourth-order valence-corrected chi connectivity index (χ4v) is 6.59. The van der Waals surface area contributed by atoms with Gasteiger partial charge in [-0.1, -0.05) is 43.3 Å². The number of likely N-dealkylation sites (tertiary alicyclic amines) is 1. The number of amides is 2. The van der Waals surface area contributed by atoms with E-state index in [2.05, 4.69) is 85.4 Å². The van der Waals surface area contributed by atoms with E-state index in [1.54, 1.807) is 0 Å². The van der Waals surface area contributed by atoms with Crippen LogP contribution in [0.2, 0.25) is 0 Å². The van der Waals surface area contributed by atoms with Crippen molar-refractivity contribution in [3.63, 3.8) is 0 Å². The molecule has 0 bridgehead atoms. The van der Waals surface area contributed by atoms with Crippen molar-refractivity contribution in [3.8, 4) is 0 Å². The first-order valence-electron chi connectivity index (χ1n) is 14.4. The second-order valence-electron chi connectivity index (χ2n) is 11.6. The Morgan fingerprint density at radius 1 is 0.974 bits per heavy atom. The van der Waals surface area contributed by atoms with Gasteiger partial charge in [0.15, 0.2) is 0 Å². The summed E-state index contributed by atoms with van der Waals surface area (Å²) in [5.74, 6) is 2.91. The third-order valence-electron chi connectivity index (χ3n) is 8.32. The molecular weight excluding hydrogens is 488 g/mol. The predicted octanol–water partition coefficient (Wildman–Crippen LogP) is 7.42. The number of benzene rings is 2. The van der Waals surface area contributed by atoms with Crippen LogP contribution in [0, 0.1) is 0 Å². The Labute approximate surface area is 231 Å². The lowest BCUT2D eigenvalue weighted by Crippen LogP contribution is -2.38. The molecule has 6 rings (SSSR count). The highest BCUT2D eigenvalue weighted by Gasteiger charge is 2.40. The number of nitrogens with one attached hydrogen (secondary N) is 1. The van der Waals surface area contributed by atoms with Crippen molar-refractivity contribution in [1.82, 2.24) is 20.0 Å². The largest absolute Gasteiger partial charge is 0.334 e. The van der Waals surface area contributed by atoms with E-state index in [4.69, 9.17) is 5.10 Å². The number of hydrogen-bond donors (Lipinski definition) is 1. The van der Waals surface area contributed by atoms with E-state index in [9.17, 15) is 4.79 Å². The fraction of sp³-hybridized carbons (Fsp3) is 0.500. The number of thioether (sulfide) groups is 1. The van der Waals surface area contributed by atoms with E-state index in [0.717, 1.165) is 30.3 Å².